The number of hydrogen-bond donors (Lipinski definition) is 1. The zero-order chi connectivity index (χ0) is 26.8. The van der Waals surface area contributed by atoms with Crippen LogP contribution in [0.1, 0.15) is 53.6 Å². The number of carbonyl (C=O) groups excluding carboxylic acids is 2. The van der Waals surface area contributed by atoms with Crippen molar-refractivity contribution in [3.63, 3.8) is 0 Å². The number of carbonyl (C=O) groups is 2. The third-order valence-corrected chi connectivity index (χ3v) is 7.91. The summed E-state index contributed by atoms with van der Waals surface area (Å²) in [6, 6.07) is 13.9. The average Bonchev–Trinajstić information content (AvgIpc) is 3.58. The maximum absolute atomic E-state index is 13.6. The van der Waals surface area contributed by atoms with E-state index in [4.69, 9.17) is 0 Å². The summed E-state index contributed by atoms with van der Waals surface area (Å²) in [5.74, 6) is 1.64. The largest absolute Gasteiger partial charge is 0.349 e. The predicted molar refractivity (Wildman–Crippen MR) is 145 cm³/mol. The van der Waals surface area contributed by atoms with Crippen LogP contribution in [0.3, 0.4) is 0 Å². The van der Waals surface area contributed by atoms with Crippen LogP contribution in [0.5, 0.6) is 0 Å². The van der Waals surface area contributed by atoms with Gasteiger partial charge in [0.2, 0.25) is 5.91 Å². The Morgan fingerprint density at radius 1 is 1.00 bits per heavy atom. The van der Waals surface area contributed by atoms with Crippen molar-refractivity contribution in [2.45, 2.75) is 40.2 Å². The highest BCUT2D eigenvalue weighted by Gasteiger charge is 2.42. The summed E-state index contributed by atoms with van der Waals surface area (Å²) in [6.45, 7) is 12.1. The smallest absolute Gasteiger partial charge is 0.257 e. The van der Waals surface area contributed by atoms with Crippen molar-refractivity contribution >= 4 is 11.8 Å². The van der Waals surface area contributed by atoms with Crippen molar-refractivity contribution < 1.29 is 9.59 Å². The molecule has 0 bridgehead atoms. The first-order valence-corrected chi connectivity index (χ1v) is 13.5. The number of aromatic nitrogens is 4. The van der Waals surface area contributed by atoms with Gasteiger partial charge in [-0.1, -0.05) is 44.2 Å². The van der Waals surface area contributed by atoms with E-state index in [-0.39, 0.29) is 23.8 Å². The van der Waals surface area contributed by atoms with Gasteiger partial charge < -0.3 is 15.1 Å². The SMILES string of the molecule is Cc1nn(-c2cccnn2)c(C)c1C(=O)N1CC2CN(CC[C@H](NC(=O)C(C)C)c3ccccc3)CC2C1. The first-order chi connectivity index (χ1) is 18.3. The lowest BCUT2D eigenvalue weighted by Gasteiger charge is -2.25. The molecule has 3 aromatic rings. The molecule has 0 aliphatic carbocycles. The third-order valence-electron chi connectivity index (χ3n) is 7.91. The molecule has 3 atom stereocenters. The molecule has 1 aromatic carbocycles. The predicted octanol–water partition coefficient (Wildman–Crippen LogP) is 3.19. The molecule has 2 aromatic heterocycles. The van der Waals surface area contributed by atoms with E-state index in [0.717, 1.165) is 50.4 Å². The van der Waals surface area contributed by atoms with E-state index in [0.29, 0.717) is 28.9 Å². The van der Waals surface area contributed by atoms with Gasteiger partial charge in [-0.3, -0.25) is 9.59 Å². The summed E-state index contributed by atoms with van der Waals surface area (Å²) in [5, 5.41) is 15.9. The fourth-order valence-corrected chi connectivity index (χ4v) is 5.84. The number of amides is 2. The topological polar surface area (TPSA) is 96.2 Å². The highest BCUT2D eigenvalue weighted by molar-refractivity contribution is 5.96. The van der Waals surface area contributed by atoms with Crippen LogP contribution in [0.25, 0.3) is 5.82 Å². The summed E-state index contributed by atoms with van der Waals surface area (Å²) in [6.07, 6.45) is 2.49. The summed E-state index contributed by atoms with van der Waals surface area (Å²) < 4.78 is 1.70. The van der Waals surface area contributed by atoms with Gasteiger partial charge in [0.15, 0.2) is 5.82 Å². The lowest BCUT2D eigenvalue weighted by molar-refractivity contribution is -0.124. The van der Waals surface area contributed by atoms with Gasteiger partial charge in [0, 0.05) is 44.8 Å². The van der Waals surface area contributed by atoms with E-state index >= 15 is 0 Å². The molecule has 38 heavy (non-hydrogen) atoms. The fraction of sp³-hybridized carbons (Fsp3) is 0.483. The summed E-state index contributed by atoms with van der Waals surface area (Å²) in [5.41, 5.74) is 3.32. The highest BCUT2D eigenvalue weighted by atomic mass is 16.2. The Bertz CT molecular complexity index is 1260. The van der Waals surface area contributed by atoms with Crippen LogP contribution < -0.4 is 5.32 Å². The zero-order valence-electron chi connectivity index (χ0n) is 22.7. The van der Waals surface area contributed by atoms with Gasteiger partial charge in [-0.15, -0.1) is 5.10 Å². The molecule has 4 heterocycles. The molecule has 1 N–H and O–H groups in total. The Balaban J connectivity index is 1.19. The second-order valence-corrected chi connectivity index (χ2v) is 10.9. The normalized spacial score (nSPS) is 20.1. The minimum absolute atomic E-state index is 0.00130. The Morgan fingerprint density at radius 3 is 2.34 bits per heavy atom. The molecule has 2 aliphatic heterocycles. The Kier molecular flexibility index (Phi) is 7.56. The average molecular weight is 516 g/mol. The number of benzene rings is 1. The fourth-order valence-electron chi connectivity index (χ4n) is 5.84. The Morgan fingerprint density at radius 2 is 1.71 bits per heavy atom. The van der Waals surface area contributed by atoms with E-state index < -0.39 is 0 Å². The van der Waals surface area contributed by atoms with Gasteiger partial charge in [0.25, 0.3) is 5.91 Å². The zero-order valence-corrected chi connectivity index (χ0v) is 22.7. The Hall–Kier alpha value is -3.59. The van der Waals surface area contributed by atoms with Crippen LogP contribution in [0.15, 0.2) is 48.7 Å². The second kappa shape index (κ2) is 11.0. The number of likely N-dealkylation sites (tertiary alicyclic amines) is 2. The quantitative estimate of drug-likeness (QED) is 0.495. The molecule has 9 nitrogen and oxygen atoms in total. The van der Waals surface area contributed by atoms with Crippen molar-refractivity contribution in [2.75, 3.05) is 32.7 Å². The summed E-state index contributed by atoms with van der Waals surface area (Å²) >= 11 is 0. The van der Waals surface area contributed by atoms with E-state index in [9.17, 15) is 9.59 Å². The first-order valence-electron chi connectivity index (χ1n) is 13.5. The maximum atomic E-state index is 13.6. The minimum Gasteiger partial charge on any atom is -0.349 e. The van der Waals surface area contributed by atoms with E-state index in [2.05, 4.69) is 37.6 Å². The van der Waals surface area contributed by atoms with Crippen LogP contribution in [-0.2, 0) is 4.79 Å². The van der Waals surface area contributed by atoms with Crippen molar-refractivity contribution in [1.82, 2.24) is 35.1 Å². The van der Waals surface area contributed by atoms with E-state index in [1.54, 1.807) is 10.9 Å². The van der Waals surface area contributed by atoms with Gasteiger partial charge in [-0.2, -0.15) is 10.2 Å². The summed E-state index contributed by atoms with van der Waals surface area (Å²) in [7, 11) is 0. The molecular formula is C29H37N7O2. The molecule has 2 aliphatic rings. The van der Waals surface area contributed by atoms with Gasteiger partial charge in [-0.05, 0) is 49.8 Å². The van der Waals surface area contributed by atoms with Crippen LogP contribution in [0.4, 0.5) is 0 Å². The number of aryl methyl sites for hydroxylation is 1. The molecule has 9 heteroatoms. The lowest BCUT2D eigenvalue weighted by atomic mass is 10.0. The van der Waals surface area contributed by atoms with Crippen LogP contribution in [0, 0.1) is 31.6 Å². The molecule has 0 radical (unpaired) electrons. The number of fused-ring (bicyclic) bond motifs is 1. The van der Waals surface area contributed by atoms with Crippen molar-refractivity contribution in [3.8, 4) is 5.82 Å². The molecule has 200 valence electrons. The van der Waals surface area contributed by atoms with Gasteiger partial charge in [0.05, 0.1) is 23.0 Å². The molecular weight excluding hydrogens is 478 g/mol. The number of nitrogens with one attached hydrogen (secondary N) is 1. The van der Waals surface area contributed by atoms with Crippen LogP contribution >= 0.6 is 0 Å². The van der Waals surface area contributed by atoms with Gasteiger partial charge in [0.1, 0.15) is 0 Å². The molecule has 0 saturated carbocycles. The molecule has 5 rings (SSSR count). The monoisotopic (exact) mass is 515 g/mol. The van der Waals surface area contributed by atoms with Gasteiger partial charge in [-0.25, -0.2) is 4.68 Å². The van der Waals surface area contributed by atoms with E-state index in [1.165, 1.54) is 0 Å². The molecule has 2 fully saturated rings. The summed E-state index contributed by atoms with van der Waals surface area (Å²) in [4.78, 5) is 30.5. The van der Waals surface area contributed by atoms with Crippen LogP contribution in [0.2, 0.25) is 0 Å². The number of hydrogen-bond acceptors (Lipinski definition) is 6. The molecule has 2 unspecified atom stereocenters. The highest BCUT2D eigenvalue weighted by Crippen LogP contribution is 2.33. The minimum atomic E-state index is -0.0455. The van der Waals surface area contributed by atoms with Crippen molar-refractivity contribution in [1.29, 1.82) is 0 Å². The number of rotatable bonds is 8. The van der Waals surface area contributed by atoms with Crippen LogP contribution in [-0.4, -0.2) is 74.3 Å². The second-order valence-electron chi connectivity index (χ2n) is 10.9. The number of nitrogens with zero attached hydrogens (tertiary/aromatic N) is 6. The Labute approximate surface area is 224 Å². The van der Waals surface area contributed by atoms with Gasteiger partial charge >= 0.3 is 0 Å². The lowest BCUT2D eigenvalue weighted by Crippen LogP contribution is -2.36. The standard InChI is InChI=1S/C29H37N7O2/c1-19(2)28(37)31-25(22-9-6-5-7-10-22)12-14-34-15-23-17-35(18-24(23)16-34)29(38)27-20(3)33-36(21(27)4)26-11-8-13-30-32-26/h5-11,13,19,23-25H,12,14-18H2,1-4H3,(H,31,37)/t23?,24?,25-/m0/s1. The van der Waals surface area contributed by atoms with Crippen molar-refractivity contribution in [2.24, 2.45) is 17.8 Å². The van der Waals surface area contributed by atoms with Crippen molar-refractivity contribution in [3.05, 3.63) is 71.2 Å². The van der Waals surface area contributed by atoms with E-state index in [1.807, 2.05) is 62.9 Å². The molecule has 0 spiro atoms. The third kappa shape index (κ3) is 5.34. The maximum Gasteiger partial charge on any atom is 0.257 e. The molecule has 2 amide bonds. The molecule has 2 saturated heterocycles. The first kappa shape index (κ1) is 26.0.